The van der Waals surface area contributed by atoms with Crippen LogP contribution in [0.5, 0.6) is 0 Å². The maximum atomic E-state index is 11.7. The summed E-state index contributed by atoms with van der Waals surface area (Å²) in [4.78, 5) is 11.7. The summed E-state index contributed by atoms with van der Waals surface area (Å²) in [5.74, 6) is 3.44. The molecule has 108 valence electrons. The van der Waals surface area contributed by atoms with E-state index in [1.54, 1.807) is 0 Å². The maximum absolute atomic E-state index is 11.7. The molecule has 1 fully saturated rings. The summed E-state index contributed by atoms with van der Waals surface area (Å²) in [6.07, 6.45) is 9.37. The smallest absolute Gasteiger partial charge is 0.407 e. The first-order valence-corrected chi connectivity index (χ1v) is 7.11. The van der Waals surface area contributed by atoms with Gasteiger partial charge in [-0.15, -0.1) is 12.3 Å². The van der Waals surface area contributed by atoms with Crippen LogP contribution in [0.1, 0.15) is 60.3 Å². The molecule has 0 saturated heterocycles. The monoisotopic (exact) mass is 265 g/mol. The van der Waals surface area contributed by atoms with E-state index in [2.05, 4.69) is 25.1 Å². The Hall–Kier alpha value is -1.17. The van der Waals surface area contributed by atoms with Gasteiger partial charge in [-0.25, -0.2) is 4.79 Å². The van der Waals surface area contributed by atoms with Crippen molar-refractivity contribution >= 4 is 6.09 Å². The number of nitrogens with one attached hydrogen (secondary N) is 1. The molecule has 0 atom stereocenters. The highest BCUT2D eigenvalue weighted by Gasteiger charge is 2.32. The molecule has 0 aliphatic heterocycles. The van der Waals surface area contributed by atoms with E-state index in [9.17, 15) is 4.79 Å². The van der Waals surface area contributed by atoms with E-state index >= 15 is 0 Å². The van der Waals surface area contributed by atoms with Crippen LogP contribution >= 0.6 is 0 Å². The molecule has 1 aliphatic carbocycles. The van der Waals surface area contributed by atoms with Crippen molar-refractivity contribution in [3.05, 3.63) is 0 Å². The third-order valence-electron chi connectivity index (χ3n) is 3.84. The van der Waals surface area contributed by atoms with Gasteiger partial charge in [0, 0.05) is 11.5 Å². The normalized spacial score (nSPS) is 24.4. The van der Waals surface area contributed by atoms with Gasteiger partial charge in [-0.05, 0) is 66.2 Å². The SMILES string of the molecule is C#CC(C)(C)C1CCC(NC(=O)OC(C)(C)C)CC1. The van der Waals surface area contributed by atoms with Crippen molar-refractivity contribution in [3.63, 3.8) is 0 Å². The Morgan fingerprint density at radius 3 is 2.11 bits per heavy atom. The largest absolute Gasteiger partial charge is 0.444 e. The van der Waals surface area contributed by atoms with E-state index in [4.69, 9.17) is 11.2 Å². The first-order chi connectivity index (χ1) is 8.64. The van der Waals surface area contributed by atoms with E-state index in [0.717, 1.165) is 25.7 Å². The molecule has 0 aromatic heterocycles. The van der Waals surface area contributed by atoms with Crippen molar-refractivity contribution in [2.45, 2.75) is 71.9 Å². The van der Waals surface area contributed by atoms with Crippen LogP contribution < -0.4 is 5.32 Å². The highest BCUT2D eigenvalue weighted by atomic mass is 16.6. The summed E-state index contributed by atoms with van der Waals surface area (Å²) in [7, 11) is 0. The highest BCUT2D eigenvalue weighted by molar-refractivity contribution is 5.68. The quantitative estimate of drug-likeness (QED) is 0.773. The van der Waals surface area contributed by atoms with E-state index in [-0.39, 0.29) is 17.6 Å². The van der Waals surface area contributed by atoms with E-state index < -0.39 is 5.60 Å². The molecule has 0 bridgehead atoms. The predicted molar refractivity (Wildman–Crippen MR) is 77.7 cm³/mol. The van der Waals surface area contributed by atoms with Gasteiger partial charge in [-0.1, -0.05) is 0 Å². The molecule has 0 aromatic rings. The van der Waals surface area contributed by atoms with Gasteiger partial charge in [-0.2, -0.15) is 0 Å². The van der Waals surface area contributed by atoms with Crippen molar-refractivity contribution < 1.29 is 9.53 Å². The Kier molecular flexibility index (Phi) is 4.90. The van der Waals surface area contributed by atoms with Crippen LogP contribution in [0.15, 0.2) is 0 Å². The Morgan fingerprint density at radius 2 is 1.68 bits per heavy atom. The molecule has 0 spiro atoms. The van der Waals surface area contributed by atoms with Gasteiger partial charge in [0.25, 0.3) is 0 Å². The number of hydrogen-bond acceptors (Lipinski definition) is 2. The molecule has 1 saturated carbocycles. The lowest BCUT2D eigenvalue weighted by molar-refractivity contribution is 0.0480. The number of terminal acetylenes is 1. The predicted octanol–water partition coefficient (Wildman–Crippen LogP) is 3.73. The molecule has 3 heteroatoms. The van der Waals surface area contributed by atoms with Crippen LogP contribution in [0.4, 0.5) is 4.79 Å². The molecule has 0 heterocycles. The van der Waals surface area contributed by atoms with Crippen LogP contribution in [-0.2, 0) is 4.74 Å². The lowest BCUT2D eigenvalue weighted by atomic mass is 9.70. The van der Waals surface area contributed by atoms with E-state index in [0.29, 0.717) is 5.92 Å². The number of ether oxygens (including phenoxy) is 1. The van der Waals surface area contributed by atoms with Gasteiger partial charge in [0.15, 0.2) is 0 Å². The van der Waals surface area contributed by atoms with Crippen LogP contribution in [-0.4, -0.2) is 17.7 Å². The minimum Gasteiger partial charge on any atom is -0.444 e. The number of carbonyl (C=O) groups excluding carboxylic acids is 1. The number of carbonyl (C=O) groups is 1. The first-order valence-electron chi connectivity index (χ1n) is 7.11. The minimum atomic E-state index is -0.438. The molecule has 1 amide bonds. The fraction of sp³-hybridized carbons (Fsp3) is 0.812. The Morgan fingerprint density at radius 1 is 1.16 bits per heavy atom. The second-order valence-electron chi connectivity index (χ2n) is 7.06. The van der Waals surface area contributed by atoms with Crippen molar-refractivity contribution in [2.24, 2.45) is 11.3 Å². The van der Waals surface area contributed by atoms with Gasteiger partial charge in [0.2, 0.25) is 0 Å². The van der Waals surface area contributed by atoms with Crippen molar-refractivity contribution in [2.75, 3.05) is 0 Å². The molecule has 0 radical (unpaired) electrons. The highest BCUT2D eigenvalue weighted by Crippen LogP contribution is 2.37. The third kappa shape index (κ3) is 5.14. The molecule has 1 rings (SSSR count). The number of alkyl carbamates (subject to hydrolysis) is 1. The van der Waals surface area contributed by atoms with Gasteiger partial charge >= 0.3 is 6.09 Å². The Labute approximate surface area is 117 Å². The van der Waals surface area contributed by atoms with E-state index in [1.165, 1.54) is 0 Å². The maximum Gasteiger partial charge on any atom is 0.407 e. The minimum absolute atomic E-state index is 0.0448. The summed E-state index contributed by atoms with van der Waals surface area (Å²) in [6.45, 7) is 9.87. The summed E-state index contributed by atoms with van der Waals surface area (Å²) < 4.78 is 5.27. The van der Waals surface area contributed by atoms with Gasteiger partial charge in [0.05, 0.1) is 0 Å². The fourth-order valence-electron chi connectivity index (χ4n) is 2.55. The molecule has 19 heavy (non-hydrogen) atoms. The van der Waals surface area contributed by atoms with Gasteiger partial charge in [-0.3, -0.25) is 0 Å². The Bertz CT molecular complexity index is 352. The zero-order valence-electron chi connectivity index (χ0n) is 12.9. The average Bonchev–Trinajstić information content (AvgIpc) is 2.27. The second kappa shape index (κ2) is 5.86. The summed E-state index contributed by atoms with van der Waals surface area (Å²) in [6, 6.07) is 0.222. The average molecular weight is 265 g/mol. The van der Waals surface area contributed by atoms with Gasteiger partial charge < -0.3 is 10.1 Å². The lowest BCUT2D eigenvalue weighted by Crippen LogP contribution is -2.42. The Balaban J connectivity index is 2.39. The standard InChI is InChI=1S/C16H27NO2/c1-7-16(5,6)12-8-10-13(11-9-12)17-14(18)19-15(2,3)4/h1,12-13H,8-11H2,2-6H3,(H,17,18). The van der Waals surface area contributed by atoms with Crippen LogP contribution in [0.25, 0.3) is 0 Å². The third-order valence-corrected chi connectivity index (χ3v) is 3.84. The van der Waals surface area contributed by atoms with Crippen LogP contribution in [0, 0.1) is 23.7 Å². The second-order valence-corrected chi connectivity index (χ2v) is 7.06. The van der Waals surface area contributed by atoms with Crippen molar-refractivity contribution in [1.82, 2.24) is 5.32 Å². The molecule has 1 N–H and O–H groups in total. The summed E-state index contributed by atoms with van der Waals surface area (Å²) in [5.41, 5.74) is -0.483. The first kappa shape index (κ1) is 15.9. The molecular formula is C16H27NO2. The summed E-state index contributed by atoms with van der Waals surface area (Å²) >= 11 is 0. The fourth-order valence-corrected chi connectivity index (χ4v) is 2.55. The molecule has 3 nitrogen and oxygen atoms in total. The number of rotatable bonds is 2. The lowest BCUT2D eigenvalue weighted by Gasteiger charge is -2.36. The van der Waals surface area contributed by atoms with Gasteiger partial charge in [0.1, 0.15) is 5.60 Å². The molecule has 0 unspecified atom stereocenters. The molecule has 0 aromatic carbocycles. The molecular weight excluding hydrogens is 238 g/mol. The zero-order chi connectivity index (χ0) is 14.7. The zero-order valence-corrected chi connectivity index (χ0v) is 12.9. The summed E-state index contributed by atoms with van der Waals surface area (Å²) in [5, 5.41) is 2.95. The van der Waals surface area contributed by atoms with Crippen molar-refractivity contribution in [1.29, 1.82) is 0 Å². The number of amides is 1. The van der Waals surface area contributed by atoms with E-state index in [1.807, 2.05) is 20.8 Å². The topological polar surface area (TPSA) is 38.3 Å². The molecule has 1 aliphatic rings. The van der Waals surface area contributed by atoms with Crippen molar-refractivity contribution in [3.8, 4) is 12.3 Å². The number of hydrogen-bond donors (Lipinski definition) is 1. The van der Waals surface area contributed by atoms with Crippen LogP contribution in [0.3, 0.4) is 0 Å². The van der Waals surface area contributed by atoms with Crippen LogP contribution in [0.2, 0.25) is 0 Å².